The first-order valence-corrected chi connectivity index (χ1v) is 8.58. The zero-order valence-electron chi connectivity index (χ0n) is 14.8. The molecular formula is C17H24N6O2. The zero-order chi connectivity index (χ0) is 17.8. The smallest absolute Gasteiger partial charge is 0.253 e. The monoisotopic (exact) mass is 344 g/mol. The van der Waals surface area contributed by atoms with Crippen LogP contribution in [0, 0.1) is 0 Å². The summed E-state index contributed by atoms with van der Waals surface area (Å²) in [7, 11) is 0. The maximum absolute atomic E-state index is 12.3. The van der Waals surface area contributed by atoms with Crippen LogP contribution in [-0.2, 0) is 17.8 Å². The van der Waals surface area contributed by atoms with Crippen molar-refractivity contribution in [3.8, 4) is 0 Å². The summed E-state index contributed by atoms with van der Waals surface area (Å²) in [5.41, 5.74) is 0.528. The molecule has 0 unspecified atom stereocenters. The zero-order valence-corrected chi connectivity index (χ0v) is 14.8. The number of pyridine rings is 1. The number of ether oxygens (including phenoxy) is 1. The molecule has 2 aromatic heterocycles. The minimum Gasteiger partial charge on any atom is -0.372 e. The molecule has 1 saturated heterocycles. The lowest BCUT2D eigenvalue weighted by atomic mass is 10.2. The summed E-state index contributed by atoms with van der Waals surface area (Å²) in [5, 5.41) is 10.7. The van der Waals surface area contributed by atoms with Gasteiger partial charge in [-0.1, -0.05) is 0 Å². The number of carbonyl (C=O) groups excluding carboxylic acids is 1. The van der Waals surface area contributed by atoms with Gasteiger partial charge in [0.15, 0.2) is 5.82 Å². The number of anilines is 1. The Balaban J connectivity index is 1.60. The molecule has 8 nitrogen and oxygen atoms in total. The van der Waals surface area contributed by atoms with Gasteiger partial charge in [0.1, 0.15) is 12.1 Å². The average molecular weight is 344 g/mol. The van der Waals surface area contributed by atoms with Gasteiger partial charge >= 0.3 is 0 Å². The van der Waals surface area contributed by atoms with Gasteiger partial charge in [0.25, 0.3) is 5.91 Å². The quantitative estimate of drug-likeness (QED) is 0.878. The van der Waals surface area contributed by atoms with Crippen molar-refractivity contribution in [3.63, 3.8) is 0 Å². The van der Waals surface area contributed by atoms with Gasteiger partial charge in [0.05, 0.1) is 24.3 Å². The van der Waals surface area contributed by atoms with Crippen molar-refractivity contribution in [3.05, 3.63) is 36.0 Å². The van der Waals surface area contributed by atoms with E-state index in [1.165, 1.54) is 0 Å². The van der Waals surface area contributed by atoms with Crippen molar-refractivity contribution < 1.29 is 9.53 Å². The highest BCUT2D eigenvalue weighted by atomic mass is 16.5. The van der Waals surface area contributed by atoms with Crippen LogP contribution < -0.4 is 10.2 Å². The van der Waals surface area contributed by atoms with Crippen LogP contribution in [0.1, 0.15) is 37.0 Å². The van der Waals surface area contributed by atoms with E-state index in [9.17, 15) is 4.79 Å². The topological polar surface area (TPSA) is 85.2 Å². The molecule has 1 N–H and O–H groups in total. The number of hydrogen-bond donors (Lipinski definition) is 1. The van der Waals surface area contributed by atoms with E-state index in [1.54, 1.807) is 18.6 Å². The van der Waals surface area contributed by atoms with Crippen LogP contribution in [0.25, 0.3) is 0 Å². The van der Waals surface area contributed by atoms with Crippen molar-refractivity contribution in [2.75, 3.05) is 18.0 Å². The van der Waals surface area contributed by atoms with Gasteiger partial charge in [-0.25, -0.2) is 4.98 Å². The summed E-state index contributed by atoms with van der Waals surface area (Å²) in [6.07, 6.45) is 3.61. The molecule has 1 fully saturated rings. The molecule has 2 aromatic rings. The highest BCUT2D eigenvalue weighted by molar-refractivity contribution is 5.93. The summed E-state index contributed by atoms with van der Waals surface area (Å²) < 4.78 is 7.63. The number of rotatable bonds is 5. The van der Waals surface area contributed by atoms with Gasteiger partial charge in [-0.05, 0) is 32.9 Å². The maximum atomic E-state index is 12.3. The van der Waals surface area contributed by atoms with Crippen LogP contribution in [0.5, 0.6) is 0 Å². The van der Waals surface area contributed by atoms with Crippen LogP contribution in [0.3, 0.4) is 0 Å². The number of aryl methyl sites for hydroxylation is 1. The molecule has 1 aliphatic rings. The van der Waals surface area contributed by atoms with Crippen LogP contribution >= 0.6 is 0 Å². The lowest BCUT2D eigenvalue weighted by molar-refractivity contribution is -0.00546. The van der Waals surface area contributed by atoms with Crippen molar-refractivity contribution in [1.82, 2.24) is 25.1 Å². The van der Waals surface area contributed by atoms with Crippen LogP contribution in [0.15, 0.2) is 24.7 Å². The number of hydrogen-bond acceptors (Lipinski definition) is 6. The summed E-state index contributed by atoms with van der Waals surface area (Å²) in [5.74, 6) is 1.43. The highest BCUT2D eigenvalue weighted by Crippen LogP contribution is 2.18. The van der Waals surface area contributed by atoms with Crippen molar-refractivity contribution >= 4 is 11.7 Å². The minimum absolute atomic E-state index is 0.171. The molecule has 0 spiro atoms. The second kappa shape index (κ2) is 7.60. The maximum Gasteiger partial charge on any atom is 0.253 e. The predicted molar refractivity (Wildman–Crippen MR) is 93.3 cm³/mol. The molecule has 0 radical (unpaired) electrons. The number of amides is 1. The van der Waals surface area contributed by atoms with Crippen LogP contribution in [-0.4, -0.2) is 51.0 Å². The normalized spacial score (nSPS) is 20.5. The Kier molecular flexibility index (Phi) is 5.28. The Morgan fingerprint density at radius 3 is 2.72 bits per heavy atom. The van der Waals surface area contributed by atoms with E-state index in [4.69, 9.17) is 4.74 Å². The molecular weight excluding hydrogens is 320 g/mol. The summed E-state index contributed by atoms with van der Waals surface area (Å²) in [6, 6.07) is 3.68. The minimum atomic E-state index is -0.173. The predicted octanol–water partition coefficient (Wildman–Crippen LogP) is 1.24. The van der Waals surface area contributed by atoms with Gasteiger partial charge < -0.3 is 19.5 Å². The van der Waals surface area contributed by atoms with Gasteiger partial charge in [0, 0.05) is 25.8 Å². The molecule has 25 heavy (non-hydrogen) atoms. The Hall–Kier alpha value is -2.48. The Morgan fingerprint density at radius 1 is 1.32 bits per heavy atom. The van der Waals surface area contributed by atoms with Crippen LogP contribution in [0.2, 0.25) is 0 Å². The van der Waals surface area contributed by atoms with Gasteiger partial charge in [-0.15, -0.1) is 10.2 Å². The van der Waals surface area contributed by atoms with E-state index in [0.717, 1.165) is 31.3 Å². The third-order valence-corrected chi connectivity index (χ3v) is 4.20. The number of morpholine rings is 1. The fourth-order valence-corrected chi connectivity index (χ4v) is 3.01. The third kappa shape index (κ3) is 4.14. The Bertz CT molecular complexity index is 704. The number of carbonyl (C=O) groups is 1. The Morgan fingerprint density at radius 2 is 2.08 bits per heavy atom. The Labute approximate surface area is 147 Å². The summed E-state index contributed by atoms with van der Waals surface area (Å²) in [6.45, 7) is 8.83. The molecule has 0 aliphatic carbocycles. The SMILES string of the molecule is CCn1cnnc1CNC(=O)c1ccc(N2C[C@@H](C)O[C@H](C)C2)nc1. The molecule has 3 heterocycles. The first-order valence-electron chi connectivity index (χ1n) is 8.58. The molecule has 0 aromatic carbocycles. The van der Waals surface area contributed by atoms with Gasteiger partial charge in [-0.3, -0.25) is 4.79 Å². The fraction of sp³-hybridized carbons (Fsp3) is 0.529. The highest BCUT2D eigenvalue weighted by Gasteiger charge is 2.23. The van der Waals surface area contributed by atoms with Gasteiger partial charge in [-0.2, -0.15) is 0 Å². The molecule has 1 aliphatic heterocycles. The molecule has 0 bridgehead atoms. The molecule has 1 amide bonds. The van der Waals surface area contributed by atoms with Crippen molar-refractivity contribution in [2.45, 2.75) is 46.1 Å². The molecule has 0 saturated carbocycles. The standard InChI is InChI=1S/C17H24N6O2/c1-4-22-11-20-21-16(22)8-19-17(24)14-5-6-15(18-7-14)23-9-12(2)25-13(3)10-23/h5-7,11-13H,4,8-10H2,1-3H3,(H,19,24)/t12-,13-/m1/s1. The molecule has 2 atom stereocenters. The van der Waals surface area contributed by atoms with Crippen molar-refractivity contribution in [2.24, 2.45) is 0 Å². The van der Waals surface area contributed by atoms with E-state index in [2.05, 4.69) is 39.2 Å². The van der Waals surface area contributed by atoms with E-state index < -0.39 is 0 Å². The number of aromatic nitrogens is 4. The molecule has 8 heteroatoms. The third-order valence-electron chi connectivity index (χ3n) is 4.20. The second-order valence-electron chi connectivity index (χ2n) is 6.28. The lowest BCUT2D eigenvalue weighted by Crippen LogP contribution is -2.45. The summed E-state index contributed by atoms with van der Waals surface area (Å²) >= 11 is 0. The lowest BCUT2D eigenvalue weighted by Gasteiger charge is -2.36. The van der Waals surface area contributed by atoms with E-state index in [0.29, 0.717) is 12.1 Å². The van der Waals surface area contributed by atoms with Crippen molar-refractivity contribution in [1.29, 1.82) is 0 Å². The molecule has 3 rings (SSSR count). The second-order valence-corrected chi connectivity index (χ2v) is 6.28. The van der Waals surface area contributed by atoms with E-state index >= 15 is 0 Å². The summed E-state index contributed by atoms with van der Waals surface area (Å²) in [4.78, 5) is 18.9. The van der Waals surface area contributed by atoms with E-state index in [-0.39, 0.29) is 18.1 Å². The molecule has 134 valence electrons. The first kappa shape index (κ1) is 17.3. The number of nitrogens with zero attached hydrogens (tertiary/aromatic N) is 5. The first-order chi connectivity index (χ1) is 12.1. The average Bonchev–Trinajstić information content (AvgIpc) is 3.06. The largest absolute Gasteiger partial charge is 0.372 e. The van der Waals surface area contributed by atoms with E-state index in [1.807, 2.05) is 17.6 Å². The van der Waals surface area contributed by atoms with Crippen LogP contribution in [0.4, 0.5) is 5.82 Å². The fourth-order valence-electron chi connectivity index (χ4n) is 3.01. The number of nitrogens with one attached hydrogen (secondary N) is 1. The van der Waals surface area contributed by atoms with Gasteiger partial charge in [0.2, 0.25) is 0 Å².